The maximum absolute atomic E-state index is 12.9. The Labute approximate surface area is 183 Å². The first-order chi connectivity index (χ1) is 13.8. The highest BCUT2D eigenvalue weighted by Gasteiger charge is 2.49. The first-order valence-electron chi connectivity index (χ1n) is 9.85. The Hall–Kier alpha value is -2.51. The molecule has 0 saturated heterocycles. The SMILES string of the molecule is C#CC#COC(=O)C(C)(CC(C)(C)C(=O)OC)CC(C)(CC)C(=O)OCCN(C)C.[HH].[HH]. The van der Waals surface area contributed by atoms with Crippen molar-refractivity contribution in [1.29, 1.82) is 0 Å². The van der Waals surface area contributed by atoms with Crippen LogP contribution in [0, 0.1) is 40.6 Å². The van der Waals surface area contributed by atoms with E-state index in [2.05, 4.69) is 17.9 Å². The van der Waals surface area contributed by atoms with Crippen LogP contribution in [-0.2, 0) is 28.6 Å². The highest BCUT2D eigenvalue weighted by atomic mass is 16.5. The summed E-state index contributed by atoms with van der Waals surface area (Å²) in [6.45, 7) is 9.42. The van der Waals surface area contributed by atoms with Crippen molar-refractivity contribution in [3.63, 3.8) is 0 Å². The van der Waals surface area contributed by atoms with Crippen LogP contribution in [0.4, 0.5) is 0 Å². The van der Waals surface area contributed by atoms with Crippen molar-refractivity contribution in [3.8, 4) is 24.4 Å². The Bertz CT molecular complexity index is 735. The summed E-state index contributed by atoms with van der Waals surface area (Å²) in [6.07, 6.45) is 7.88. The predicted octanol–water partition coefficient (Wildman–Crippen LogP) is 3.12. The number of ether oxygens (including phenoxy) is 3. The van der Waals surface area contributed by atoms with E-state index in [0.29, 0.717) is 13.0 Å². The minimum absolute atomic E-state index is 0. The molecule has 0 saturated carbocycles. The van der Waals surface area contributed by atoms with E-state index in [9.17, 15) is 14.4 Å². The summed E-state index contributed by atoms with van der Waals surface area (Å²) >= 11 is 0. The fraction of sp³-hybridized carbons (Fsp3) is 0.696. The summed E-state index contributed by atoms with van der Waals surface area (Å²) in [4.78, 5) is 39.9. The van der Waals surface area contributed by atoms with Gasteiger partial charge in [-0.1, -0.05) is 6.92 Å². The zero-order valence-corrected chi connectivity index (χ0v) is 19.5. The Balaban J connectivity index is -0.00000420. The van der Waals surface area contributed by atoms with Gasteiger partial charge in [0.25, 0.3) is 0 Å². The summed E-state index contributed by atoms with van der Waals surface area (Å²) in [5, 5.41) is 0. The van der Waals surface area contributed by atoms with Crippen molar-refractivity contribution in [2.24, 2.45) is 16.2 Å². The molecule has 7 nitrogen and oxygen atoms in total. The molecule has 172 valence electrons. The normalized spacial score (nSPS) is 14.9. The van der Waals surface area contributed by atoms with E-state index >= 15 is 0 Å². The molecule has 2 atom stereocenters. The van der Waals surface area contributed by atoms with E-state index in [1.54, 1.807) is 27.7 Å². The lowest BCUT2D eigenvalue weighted by Crippen LogP contribution is -2.44. The number of hydrogen-bond donors (Lipinski definition) is 0. The molecular weight excluding hydrogens is 386 g/mol. The van der Waals surface area contributed by atoms with Gasteiger partial charge in [0.05, 0.1) is 23.4 Å². The van der Waals surface area contributed by atoms with Gasteiger partial charge in [0.2, 0.25) is 0 Å². The summed E-state index contributed by atoms with van der Waals surface area (Å²) in [6, 6.07) is 0. The number of nitrogens with zero attached hydrogens (tertiary/aromatic N) is 1. The van der Waals surface area contributed by atoms with Crippen molar-refractivity contribution < 1.29 is 31.4 Å². The van der Waals surface area contributed by atoms with Crippen LogP contribution in [0.1, 0.15) is 56.7 Å². The number of hydrogen-bond acceptors (Lipinski definition) is 7. The van der Waals surface area contributed by atoms with Gasteiger partial charge < -0.3 is 19.1 Å². The van der Waals surface area contributed by atoms with E-state index in [1.165, 1.54) is 7.11 Å². The Morgan fingerprint density at radius 2 is 1.60 bits per heavy atom. The summed E-state index contributed by atoms with van der Waals surface area (Å²) < 4.78 is 15.4. The lowest BCUT2D eigenvalue weighted by molar-refractivity contribution is -0.164. The van der Waals surface area contributed by atoms with Gasteiger partial charge in [-0.25, -0.2) is 0 Å². The van der Waals surface area contributed by atoms with Gasteiger partial charge in [-0.15, -0.1) is 6.42 Å². The molecule has 0 aliphatic carbocycles. The molecule has 2 unspecified atom stereocenters. The predicted molar refractivity (Wildman–Crippen MR) is 118 cm³/mol. The number of carbonyl (C=O) groups excluding carboxylic acids is 3. The van der Waals surface area contributed by atoms with E-state index < -0.39 is 34.2 Å². The Morgan fingerprint density at radius 3 is 2.07 bits per heavy atom. The fourth-order valence-corrected chi connectivity index (χ4v) is 3.45. The zero-order valence-electron chi connectivity index (χ0n) is 19.5. The molecule has 0 fully saturated rings. The smallest absolute Gasteiger partial charge is 0.325 e. The molecule has 0 aromatic carbocycles. The molecule has 0 amide bonds. The topological polar surface area (TPSA) is 82.1 Å². The fourth-order valence-electron chi connectivity index (χ4n) is 3.45. The van der Waals surface area contributed by atoms with Crippen LogP contribution in [0.25, 0.3) is 0 Å². The highest BCUT2D eigenvalue weighted by Crippen LogP contribution is 2.45. The second-order valence-corrected chi connectivity index (χ2v) is 8.90. The molecule has 0 bridgehead atoms. The average molecular weight is 426 g/mol. The van der Waals surface area contributed by atoms with Crippen LogP contribution in [0.2, 0.25) is 0 Å². The van der Waals surface area contributed by atoms with E-state index in [1.807, 2.05) is 25.9 Å². The van der Waals surface area contributed by atoms with Gasteiger partial charge in [0.1, 0.15) is 12.7 Å². The monoisotopic (exact) mass is 425 g/mol. The number of likely N-dealkylation sites (N-methyl/N-ethyl adjacent to an activating group) is 1. The van der Waals surface area contributed by atoms with Crippen molar-refractivity contribution in [2.45, 2.75) is 53.9 Å². The maximum atomic E-state index is 12.9. The maximum Gasteiger partial charge on any atom is 0.325 e. The zero-order chi connectivity index (χ0) is 23.6. The lowest BCUT2D eigenvalue weighted by atomic mass is 9.65. The van der Waals surface area contributed by atoms with Gasteiger partial charge in [0, 0.05) is 15.3 Å². The van der Waals surface area contributed by atoms with Crippen molar-refractivity contribution >= 4 is 17.9 Å². The summed E-state index contributed by atoms with van der Waals surface area (Å²) in [5.74, 6) is 2.76. The first-order valence-corrected chi connectivity index (χ1v) is 9.85. The average Bonchev–Trinajstić information content (AvgIpc) is 2.66. The molecule has 0 heterocycles. The van der Waals surface area contributed by atoms with E-state index in [0.717, 1.165) is 0 Å². The Kier molecular flexibility index (Phi) is 10.6. The number of terminal acetylenes is 1. The molecule has 0 aromatic heterocycles. The van der Waals surface area contributed by atoms with Crippen LogP contribution in [-0.4, -0.2) is 57.2 Å². The second-order valence-electron chi connectivity index (χ2n) is 8.90. The van der Waals surface area contributed by atoms with Crippen LogP contribution in [0.3, 0.4) is 0 Å². The second kappa shape index (κ2) is 11.6. The van der Waals surface area contributed by atoms with Crippen LogP contribution < -0.4 is 0 Å². The molecule has 0 spiro atoms. The summed E-state index contributed by atoms with van der Waals surface area (Å²) in [5.41, 5.74) is -3.18. The largest absolute Gasteiger partial charge is 0.469 e. The molecule has 0 N–H and O–H groups in total. The van der Waals surface area contributed by atoms with Gasteiger partial charge in [0.15, 0.2) is 0 Å². The quantitative estimate of drug-likeness (QED) is 0.286. The molecule has 0 radical (unpaired) electrons. The van der Waals surface area contributed by atoms with Crippen LogP contribution in [0.5, 0.6) is 0 Å². The number of methoxy groups -OCH3 is 1. The van der Waals surface area contributed by atoms with Gasteiger partial charge in [-0.05, 0) is 67.0 Å². The molecule has 0 aromatic rings. The van der Waals surface area contributed by atoms with E-state index in [-0.39, 0.29) is 22.3 Å². The number of esters is 3. The van der Waals surface area contributed by atoms with Crippen LogP contribution in [0.15, 0.2) is 0 Å². The summed E-state index contributed by atoms with van der Waals surface area (Å²) in [7, 11) is 5.05. The van der Waals surface area contributed by atoms with Crippen LogP contribution >= 0.6 is 0 Å². The molecular formula is C23H39NO6. The third-order valence-corrected chi connectivity index (χ3v) is 5.15. The third kappa shape index (κ3) is 8.08. The van der Waals surface area contributed by atoms with Gasteiger partial charge >= 0.3 is 17.9 Å². The van der Waals surface area contributed by atoms with Crippen molar-refractivity contribution in [1.82, 2.24) is 4.90 Å². The third-order valence-electron chi connectivity index (χ3n) is 5.15. The van der Waals surface area contributed by atoms with Crippen molar-refractivity contribution in [3.05, 3.63) is 0 Å². The van der Waals surface area contributed by atoms with Crippen molar-refractivity contribution in [2.75, 3.05) is 34.4 Å². The molecule has 0 rings (SSSR count). The minimum atomic E-state index is -1.22. The lowest BCUT2D eigenvalue weighted by Gasteiger charge is -2.39. The first kappa shape index (κ1) is 27.5. The number of rotatable bonds is 11. The van der Waals surface area contributed by atoms with E-state index in [4.69, 9.17) is 20.6 Å². The Morgan fingerprint density at radius 1 is 1.00 bits per heavy atom. The highest BCUT2D eigenvalue weighted by molar-refractivity contribution is 5.83. The minimum Gasteiger partial charge on any atom is -0.469 e. The molecule has 0 aliphatic rings. The molecule has 0 aliphatic heterocycles. The standard InChI is InChI=1S/C23H35NO6.2H2/c1-10-12-14-29-20(27)23(6,16-21(3,4)18(25)28-9)17-22(5,11-2)19(26)30-15-13-24(7)8;;/h1H,11,13,15-17H2,2-9H3;2*1H. The van der Waals surface area contributed by atoms with Gasteiger partial charge in [-0.3, -0.25) is 14.4 Å². The molecule has 30 heavy (non-hydrogen) atoms. The van der Waals surface area contributed by atoms with Gasteiger partial charge in [-0.2, -0.15) is 0 Å². The molecule has 7 heteroatoms. The number of carbonyl (C=O) groups is 3.